The van der Waals surface area contributed by atoms with Crippen molar-refractivity contribution in [2.45, 2.75) is 52.7 Å². The summed E-state index contributed by atoms with van der Waals surface area (Å²) in [7, 11) is 0. The van der Waals surface area contributed by atoms with Crippen molar-refractivity contribution < 1.29 is 19.8 Å². The van der Waals surface area contributed by atoms with Gasteiger partial charge < -0.3 is 10.2 Å². The summed E-state index contributed by atoms with van der Waals surface area (Å²) in [6, 6.07) is 0. The quantitative estimate of drug-likeness (QED) is 0.721. The van der Waals surface area contributed by atoms with Crippen LogP contribution in [0.5, 0.6) is 0 Å². The number of aliphatic hydroxyl groups is 2. The van der Waals surface area contributed by atoms with Gasteiger partial charge in [0.1, 0.15) is 11.2 Å². The molecule has 0 bridgehead atoms. The van der Waals surface area contributed by atoms with Crippen molar-refractivity contribution in [2.24, 2.45) is 0 Å². The second kappa shape index (κ2) is 6.15. The van der Waals surface area contributed by atoms with Crippen LogP contribution in [-0.4, -0.2) is 33.0 Å². The summed E-state index contributed by atoms with van der Waals surface area (Å²) in [4.78, 5) is 22.3. The summed E-state index contributed by atoms with van der Waals surface area (Å²) in [6.45, 7) is 10.2. The highest BCUT2D eigenvalue weighted by atomic mass is 16.3. The zero-order valence-electron chi connectivity index (χ0n) is 14.0. The molecule has 0 aromatic heterocycles. The highest BCUT2D eigenvalue weighted by Gasteiger charge is 2.33. The van der Waals surface area contributed by atoms with Crippen LogP contribution in [-0.2, 0) is 9.59 Å². The lowest BCUT2D eigenvalue weighted by atomic mass is 9.86. The fourth-order valence-electron chi connectivity index (χ4n) is 2.13. The molecule has 0 unspecified atom stereocenters. The summed E-state index contributed by atoms with van der Waals surface area (Å²) in [6.07, 6.45) is 6.57. The number of carbonyl (C=O) groups excluding carboxylic acids is 2. The zero-order chi connectivity index (χ0) is 17.3. The third kappa shape index (κ3) is 3.70. The van der Waals surface area contributed by atoms with E-state index in [9.17, 15) is 19.8 Å². The fraction of sp³-hybridized carbons (Fsp3) is 0.444. The molecule has 120 valence electrons. The molecule has 0 aromatic carbocycles. The van der Waals surface area contributed by atoms with E-state index in [0.29, 0.717) is 11.1 Å². The smallest absolute Gasteiger partial charge is 0.191 e. The Hall–Kier alpha value is -1.78. The minimum absolute atomic E-state index is 0.227. The van der Waals surface area contributed by atoms with Crippen molar-refractivity contribution in [3.05, 3.63) is 46.6 Å². The molecule has 2 N–H and O–H groups in total. The molecule has 2 atom stereocenters. The lowest BCUT2D eigenvalue weighted by Gasteiger charge is -2.24. The maximum atomic E-state index is 11.2. The first-order valence-corrected chi connectivity index (χ1v) is 7.16. The predicted octanol–water partition coefficient (Wildman–Crippen LogP) is 2.43. The Bertz CT molecular complexity index is 569. The number of allylic oxidation sites excluding steroid dienone is 4. The van der Waals surface area contributed by atoms with Crippen LogP contribution >= 0.6 is 0 Å². The molecule has 0 spiro atoms. The van der Waals surface area contributed by atoms with E-state index in [-0.39, 0.29) is 11.6 Å². The van der Waals surface area contributed by atoms with Gasteiger partial charge in [0.25, 0.3) is 0 Å². The Morgan fingerprint density at radius 3 is 1.18 bits per heavy atom. The normalized spacial score (nSPS) is 31.5. The maximum Gasteiger partial charge on any atom is 0.191 e. The van der Waals surface area contributed by atoms with Gasteiger partial charge in [-0.05, 0) is 76.0 Å². The summed E-state index contributed by atoms with van der Waals surface area (Å²) < 4.78 is 0. The van der Waals surface area contributed by atoms with E-state index in [1.54, 1.807) is 13.8 Å². The van der Waals surface area contributed by atoms with Gasteiger partial charge in [0.05, 0.1) is 0 Å². The highest BCUT2D eigenvalue weighted by Crippen LogP contribution is 2.24. The molecule has 0 amide bonds. The van der Waals surface area contributed by atoms with Crippen molar-refractivity contribution in [3.8, 4) is 0 Å². The van der Waals surface area contributed by atoms with Gasteiger partial charge in [-0.25, -0.2) is 0 Å². The van der Waals surface area contributed by atoms with E-state index in [0.717, 1.165) is 11.1 Å². The average molecular weight is 304 g/mol. The lowest BCUT2D eigenvalue weighted by Crippen LogP contribution is -2.36. The number of hydrogen-bond donors (Lipinski definition) is 2. The van der Waals surface area contributed by atoms with Crippen LogP contribution < -0.4 is 0 Å². The lowest BCUT2D eigenvalue weighted by molar-refractivity contribution is -0.128. The van der Waals surface area contributed by atoms with Crippen LogP contribution in [0.1, 0.15) is 41.5 Å². The number of hydrogen-bond acceptors (Lipinski definition) is 4. The Morgan fingerprint density at radius 1 is 0.682 bits per heavy atom. The van der Waals surface area contributed by atoms with E-state index >= 15 is 0 Å². The molecular formula is C18H24O4. The largest absolute Gasteiger partial charge is 0.378 e. The number of ketones is 2. The van der Waals surface area contributed by atoms with Crippen molar-refractivity contribution in [2.75, 3.05) is 0 Å². The van der Waals surface area contributed by atoms with Crippen molar-refractivity contribution in [1.29, 1.82) is 0 Å². The summed E-state index contributed by atoms with van der Waals surface area (Å²) in [5, 5.41) is 19.1. The van der Waals surface area contributed by atoms with E-state index in [1.165, 1.54) is 26.0 Å². The van der Waals surface area contributed by atoms with Gasteiger partial charge in [-0.2, -0.15) is 0 Å². The van der Waals surface area contributed by atoms with E-state index < -0.39 is 11.2 Å². The van der Waals surface area contributed by atoms with Crippen molar-refractivity contribution in [3.63, 3.8) is 0 Å². The first-order valence-electron chi connectivity index (χ1n) is 7.16. The molecule has 0 saturated carbocycles. The van der Waals surface area contributed by atoms with Crippen molar-refractivity contribution in [1.82, 2.24) is 0 Å². The highest BCUT2D eigenvalue weighted by molar-refractivity contribution is 6.01. The molecule has 2 aliphatic rings. The van der Waals surface area contributed by atoms with Gasteiger partial charge in [-0.1, -0.05) is 12.2 Å². The topological polar surface area (TPSA) is 74.6 Å². The van der Waals surface area contributed by atoms with Crippen LogP contribution in [0.2, 0.25) is 0 Å². The SMILES string of the molecule is CC1=CC(=O)[C@@](C)(O)C(C)=C1.CC1=CC(=O)[C@@](C)(O)C(C)=C1. The predicted molar refractivity (Wildman–Crippen MR) is 86.3 cm³/mol. The molecule has 0 aliphatic heterocycles. The Balaban J connectivity index is 0.000000220. The summed E-state index contributed by atoms with van der Waals surface area (Å²) in [5.41, 5.74) is 0.669. The maximum absolute atomic E-state index is 11.2. The van der Waals surface area contributed by atoms with Crippen molar-refractivity contribution >= 4 is 11.6 Å². The van der Waals surface area contributed by atoms with Gasteiger partial charge in [0, 0.05) is 0 Å². The molecule has 2 rings (SSSR count). The summed E-state index contributed by atoms with van der Waals surface area (Å²) >= 11 is 0. The second-order valence-electron chi connectivity index (χ2n) is 6.30. The molecule has 0 saturated heterocycles. The van der Waals surface area contributed by atoms with E-state index in [1.807, 2.05) is 26.0 Å². The minimum atomic E-state index is -1.28. The van der Waals surface area contributed by atoms with Gasteiger partial charge in [-0.3, -0.25) is 9.59 Å². The molecule has 0 heterocycles. The van der Waals surface area contributed by atoms with Gasteiger partial charge >= 0.3 is 0 Å². The van der Waals surface area contributed by atoms with Crippen LogP contribution in [0.15, 0.2) is 46.6 Å². The zero-order valence-corrected chi connectivity index (χ0v) is 14.0. The molecule has 22 heavy (non-hydrogen) atoms. The standard InChI is InChI=1S/2C9H12O2/c2*1-6-4-7(2)9(3,11)8(10)5-6/h2*4-5,11H,1-3H3/t2*9-/m00/s1. The third-order valence-electron chi connectivity index (χ3n) is 4.10. The first-order chi connectivity index (χ1) is 9.88. The third-order valence-corrected chi connectivity index (χ3v) is 4.10. The molecule has 4 nitrogen and oxygen atoms in total. The molecular weight excluding hydrogens is 280 g/mol. The Kier molecular flexibility index (Phi) is 5.10. The fourth-order valence-corrected chi connectivity index (χ4v) is 2.13. The van der Waals surface area contributed by atoms with E-state index in [4.69, 9.17) is 0 Å². The van der Waals surface area contributed by atoms with Gasteiger partial charge in [-0.15, -0.1) is 0 Å². The Labute approximate surface area is 131 Å². The molecule has 0 fully saturated rings. The summed E-state index contributed by atoms with van der Waals surface area (Å²) in [5.74, 6) is -0.454. The monoisotopic (exact) mass is 304 g/mol. The molecule has 2 aliphatic carbocycles. The average Bonchev–Trinajstić information content (AvgIpc) is 2.35. The van der Waals surface area contributed by atoms with E-state index in [2.05, 4.69) is 0 Å². The van der Waals surface area contributed by atoms with Gasteiger partial charge in [0.15, 0.2) is 11.6 Å². The number of carbonyl (C=O) groups is 2. The van der Waals surface area contributed by atoms with Crippen LogP contribution in [0.4, 0.5) is 0 Å². The minimum Gasteiger partial charge on any atom is -0.378 e. The molecule has 4 heteroatoms. The molecule has 0 radical (unpaired) electrons. The van der Waals surface area contributed by atoms with Gasteiger partial charge in [0.2, 0.25) is 0 Å². The molecule has 0 aromatic rings. The number of rotatable bonds is 0. The van der Waals surface area contributed by atoms with Crippen LogP contribution in [0.25, 0.3) is 0 Å². The second-order valence-corrected chi connectivity index (χ2v) is 6.30. The van der Waals surface area contributed by atoms with Crippen LogP contribution in [0.3, 0.4) is 0 Å². The Morgan fingerprint density at radius 2 is 0.955 bits per heavy atom. The van der Waals surface area contributed by atoms with Crippen LogP contribution in [0, 0.1) is 0 Å². The first kappa shape index (κ1) is 18.3.